The minimum Gasteiger partial charge on any atom is -0.492 e. The lowest BCUT2D eigenvalue weighted by atomic mass is 9.88. The van der Waals surface area contributed by atoms with E-state index in [0.717, 1.165) is 12.3 Å². The van der Waals surface area contributed by atoms with Crippen LogP contribution in [-0.2, 0) is 19.3 Å². The van der Waals surface area contributed by atoms with Gasteiger partial charge in [-0.25, -0.2) is 4.79 Å². The van der Waals surface area contributed by atoms with Crippen LogP contribution in [0, 0.1) is 5.92 Å². The Hall–Kier alpha value is -2.01. The number of rotatable bonds is 6. The highest BCUT2D eigenvalue weighted by atomic mass is 32.1. The summed E-state index contributed by atoms with van der Waals surface area (Å²) in [6, 6.07) is 7.30. The van der Waals surface area contributed by atoms with Crippen LogP contribution in [0.2, 0.25) is 0 Å². The minimum absolute atomic E-state index is 0.190. The molecule has 2 amide bonds. The van der Waals surface area contributed by atoms with Crippen LogP contribution in [0.25, 0.3) is 0 Å². The Morgan fingerprint density at radius 3 is 3.04 bits per heavy atom. The predicted molar refractivity (Wildman–Crippen MR) is 104 cm³/mol. The smallest absolute Gasteiger partial charge is 0.319 e. The maximum Gasteiger partial charge on any atom is 0.319 e. The van der Waals surface area contributed by atoms with Crippen molar-refractivity contribution in [3.63, 3.8) is 0 Å². The molecule has 1 aromatic carbocycles. The van der Waals surface area contributed by atoms with E-state index in [2.05, 4.69) is 22.9 Å². The van der Waals surface area contributed by atoms with Crippen molar-refractivity contribution in [2.45, 2.75) is 39.5 Å². The molecule has 1 atom stereocenters. The van der Waals surface area contributed by atoms with Crippen molar-refractivity contribution in [2.24, 2.45) is 5.92 Å². The normalized spacial score (nSPS) is 16.2. The monoisotopic (exact) mass is 358 g/mol. The summed E-state index contributed by atoms with van der Waals surface area (Å²) in [5.74, 6) is 1.49. The van der Waals surface area contributed by atoms with Gasteiger partial charge in [0.25, 0.3) is 0 Å². The van der Waals surface area contributed by atoms with Crippen LogP contribution in [0.3, 0.4) is 0 Å². The lowest BCUT2D eigenvalue weighted by Crippen LogP contribution is -2.30. The zero-order chi connectivity index (χ0) is 17.6. The van der Waals surface area contributed by atoms with Gasteiger partial charge in [0.1, 0.15) is 5.75 Å². The molecule has 0 saturated heterocycles. The van der Waals surface area contributed by atoms with Crippen LogP contribution in [0.1, 0.15) is 36.3 Å². The maximum absolute atomic E-state index is 12.2. The zero-order valence-electron chi connectivity index (χ0n) is 14.9. The molecule has 0 saturated carbocycles. The Balaban J connectivity index is 1.51. The molecule has 0 radical (unpaired) electrons. The molecule has 1 aliphatic carbocycles. The molecule has 1 heterocycles. The Morgan fingerprint density at radius 2 is 2.20 bits per heavy atom. The first-order valence-corrected chi connectivity index (χ1v) is 9.90. The fraction of sp³-hybridized carbons (Fsp3) is 0.450. The quantitative estimate of drug-likeness (QED) is 0.790. The van der Waals surface area contributed by atoms with Crippen molar-refractivity contribution in [1.82, 2.24) is 5.32 Å². The molecule has 1 aromatic heterocycles. The Morgan fingerprint density at radius 1 is 1.36 bits per heavy atom. The number of ether oxygens (including phenoxy) is 1. The third-order valence-electron chi connectivity index (χ3n) is 4.60. The fourth-order valence-electron chi connectivity index (χ4n) is 3.28. The van der Waals surface area contributed by atoms with Gasteiger partial charge < -0.3 is 15.4 Å². The van der Waals surface area contributed by atoms with Crippen molar-refractivity contribution in [3.05, 3.63) is 45.6 Å². The van der Waals surface area contributed by atoms with Gasteiger partial charge in [-0.3, -0.25) is 0 Å². The summed E-state index contributed by atoms with van der Waals surface area (Å²) in [5, 5.41) is 8.09. The van der Waals surface area contributed by atoms with E-state index in [1.807, 2.05) is 42.5 Å². The molecule has 5 heteroatoms. The third kappa shape index (κ3) is 4.54. The minimum atomic E-state index is -0.190. The van der Waals surface area contributed by atoms with Gasteiger partial charge in [-0.05, 0) is 67.2 Å². The SMILES string of the molecule is CCOc1ccccc1NC(=O)NCCc1csc2c1CC[C@@H](C)C2. The van der Waals surface area contributed by atoms with Crippen LogP contribution in [0.4, 0.5) is 10.5 Å². The average molecular weight is 359 g/mol. The standard InChI is InChI=1S/C20H26N2O2S/c1-3-24-18-7-5-4-6-17(18)22-20(23)21-11-10-15-13-25-19-12-14(2)8-9-16(15)19/h4-7,13-14H,3,8-12H2,1-2H3,(H2,21,22,23)/t14-/m1/s1. The summed E-state index contributed by atoms with van der Waals surface area (Å²) >= 11 is 1.88. The number of hydrogen-bond donors (Lipinski definition) is 2. The van der Waals surface area contributed by atoms with Crippen molar-refractivity contribution in [2.75, 3.05) is 18.5 Å². The van der Waals surface area contributed by atoms with Crippen LogP contribution in [-0.4, -0.2) is 19.2 Å². The summed E-state index contributed by atoms with van der Waals surface area (Å²) in [7, 11) is 0. The third-order valence-corrected chi connectivity index (χ3v) is 5.70. The highest BCUT2D eigenvalue weighted by Gasteiger charge is 2.19. The Bertz CT molecular complexity index is 726. The van der Waals surface area contributed by atoms with Gasteiger partial charge in [0, 0.05) is 11.4 Å². The van der Waals surface area contributed by atoms with Gasteiger partial charge >= 0.3 is 6.03 Å². The van der Waals surface area contributed by atoms with Crippen LogP contribution < -0.4 is 15.4 Å². The number of carbonyl (C=O) groups is 1. The highest BCUT2D eigenvalue weighted by molar-refractivity contribution is 7.10. The van der Waals surface area contributed by atoms with Gasteiger partial charge in [-0.1, -0.05) is 19.1 Å². The molecule has 0 aliphatic heterocycles. The van der Waals surface area contributed by atoms with Gasteiger partial charge in [0.05, 0.1) is 12.3 Å². The second-order valence-electron chi connectivity index (χ2n) is 6.57. The first-order valence-electron chi connectivity index (χ1n) is 9.02. The molecule has 0 fully saturated rings. The number of urea groups is 1. The van der Waals surface area contributed by atoms with Crippen LogP contribution in [0.5, 0.6) is 5.75 Å². The topological polar surface area (TPSA) is 50.4 Å². The molecule has 2 aromatic rings. The van der Waals surface area contributed by atoms with Gasteiger partial charge in [0.15, 0.2) is 0 Å². The largest absolute Gasteiger partial charge is 0.492 e. The fourth-order valence-corrected chi connectivity index (χ4v) is 4.58. The number of para-hydroxylation sites is 2. The molecule has 25 heavy (non-hydrogen) atoms. The molecule has 2 N–H and O–H groups in total. The van der Waals surface area contributed by atoms with Crippen molar-refractivity contribution >= 4 is 23.1 Å². The molecular weight excluding hydrogens is 332 g/mol. The molecule has 0 spiro atoms. The molecule has 134 valence electrons. The Kier molecular flexibility index (Phi) is 5.97. The highest BCUT2D eigenvalue weighted by Crippen LogP contribution is 2.32. The van der Waals surface area contributed by atoms with E-state index in [9.17, 15) is 4.79 Å². The second-order valence-corrected chi connectivity index (χ2v) is 7.53. The van der Waals surface area contributed by atoms with Gasteiger partial charge in [-0.15, -0.1) is 11.3 Å². The molecule has 4 nitrogen and oxygen atoms in total. The molecule has 0 bridgehead atoms. The summed E-state index contributed by atoms with van der Waals surface area (Å²) < 4.78 is 5.53. The van der Waals surface area contributed by atoms with E-state index in [4.69, 9.17) is 4.74 Å². The first kappa shape index (κ1) is 17.8. The summed E-state index contributed by atoms with van der Waals surface area (Å²) in [4.78, 5) is 13.7. The van der Waals surface area contributed by atoms with Crippen LogP contribution in [0.15, 0.2) is 29.6 Å². The molecule has 3 rings (SSSR count). The zero-order valence-corrected chi connectivity index (χ0v) is 15.7. The van der Waals surface area contributed by atoms with E-state index in [1.165, 1.54) is 30.4 Å². The number of thiophene rings is 1. The molecule has 0 unspecified atom stereocenters. The number of carbonyl (C=O) groups excluding carboxylic acids is 1. The second kappa shape index (κ2) is 8.39. The van der Waals surface area contributed by atoms with Gasteiger partial charge in [0.2, 0.25) is 0 Å². The number of fused-ring (bicyclic) bond motifs is 1. The number of anilines is 1. The number of amides is 2. The lowest BCUT2D eigenvalue weighted by molar-refractivity contribution is 0.252. The van der Waals surface area contributed by atoms with Crippen molar-refractivity contribution < 1.29 is 9.53 Å². The summed E-state index contributed by atoms with van der Waals surface area (Å²) in [6.07, 6.45) is 4.56. The van der Waals surface area contributed by atoms with E-state index in [-0.39, 0.29) is 6.03 Å². The van der Waals surface area contributed by atoms with Crippen molar-refractivity contribution in [3.8, 4) is 5.75 Å². The average Bonchev–Trinajstić information content (AvgIpc) is 2.99. The number of hydrogen-bond acceptors (Lipinski definition) is 3. The van der Waals surface area contributed by atoms with E-state index in [0.29, 0.717) is 24.6 Å². The van der Waals surface area contributed by atoms with E-state index < -0.39 is 0 Å². The first-order chi connectivity index (χ1) is 12.2. The summed E-state index contributed by atoms with van der Waals surface area (Å²) in [5.41, 5.74) is 3.64. The number of nitrogens with one attached hydrogen (secondary N) is 2. The lowest BCUT2D eigenvalue weighted by Gasteiger charge is -2.19. The van der Waals surface area contributed by atoms with Crippen molar-refractivity contribution in [1.29, 1.82) is 0 Å². The molecule has 1 aliphatic rings. The van der Waals surface area contributed by atoms with E-state index >= 15 is 0 Å². The maximum atomic E-state index is 12.2. The van der Waals surface area contributed by atoms with Crippen LogP contribution >= 0.6 is 11.3 Å². The predicted octanol–water partition coefficient (Wildman–Crippen LogP) is 4.64. The van der Waals surface area contributed by atoms with E-state index in [1.54, 1.807) is 4.88 Å². The summed E-state index contributed by atoms with van der Waals surface area (Å²) in [6.45, 7) is 5.47. The molecular formula is C20H26N2O2S. The van der Waals surface area contributed by atoms with Gasteiger partial charge in [-0.2, -0.15) is 0 Å². The Labute approximate surface area is 153 Å². The number of benzene rings is 1.